The summed E-state index contributed by atoms with van der Waals surface area (Å²) in [6, 6.07) is 71.4. The molecule has 0 bridgehead atoms. The van der Waals surface area contributed by atoms with Crippen molar-refractivity contribution in [1.29, 1.82) is 0 Å². The van der Waals surface area contributed by atoms with Gasteiger partial charge in [-0.1, -0.05) is 146 Å². The van der Waals surface area contributed by atoms with Gasteiger partial charge in [0.05, 0.1) is 11.0 Å². The summed E-state index contributed by atoms with van der Waals surface area (Å²) < 4.78 is 15.5. The molecule has 4 heterocycles. The summed E-state index contributed by atoms with van der Waals surface area (Å²) in [6.45, 7) is 0. The molecule has 294 valence electrons. The number of para-hydroxylation sites is 3. The third-order valence-electron chi connectivity index (χ3n) is 12.3. The third-order valence-corrected chi connectivity index (χ3v) is 12.3. The van der Waals surface area contributed by atoms with Crippen molar-refractivity contribution >= 4 is 65.7 Å². The number of aromatic nitrogens is 4. The largest absolute Gasteiger partial charge is 0.456 e. The average Bonchev–Trinajstić information content (AvgIpc) is 4.04. The molecule has 0 spiro atoms. The summed E-state index contributed by atoms with van der Waals surface area (Å²) in [5.74, 6) is 1.76. The number of fused-ring (bicyclic) bond motifs is 9. The summed E-state index contributed by atoms with van der Waals surface area (Å²) >= 11 is 0. The Labute approximate surface area is 361 Å². The molecule has 0 aliphatic heterocycles. The Morgan fingerprint density at radius 2 is 0.889 bits per heavy atom. The summed E-state index contributed by atoms with van der Waals surface area (Å²) in [5, 5.41) is 6.37. The quantitative estimate of drug-likeness (QED) is 0.167. The van der Waals surface area contributed by atoms with Crippen LogP contribution in [0, 0.1) is 0 Å². The van der Waals surface area contributed by atoms with Crippen LogP contribution >= 0.6 is 0 Å². The number of benzene rings is 9. The molecule has 0 atom stereocenters. The lowest BCUT2D eigenvalue weighted by Crippen LogP contribution is -2.00. The molecule has 4 aromatic heterocycles. The van der Waals surface area contributed by atoms with Gasteiger partial charge in [-0.3, -0.25) is 0 Å². The van der Waals surface area contributed by atoms with Gasteiger partial charge in [0.2, 0.25) is 0 Å². The van der Waals surface area contributed by atoms with E-state index in [4.69, 9.17) is 23.8 Å². The Morgan fingerprint density at radius 3 is 1.70 bits per heavy atom. The molecule has 0 saturated heterocycles. The minimum absolute atomic E-state index is 0.570. The Bertz CT molecular complexity index is 3900. The molecule has 13 aromatic rings. The Balaban J connectivity index is 1.00. The summed E-state index contributed by atoms with van der Waals surface area (Å²) in [5.41, 5.74) is 13.7. The van der Waals surface area contributed by atoms with Crippen molar-refractivity contribution in [3.05, 3.63) is 206 Å². The molecule has 63 heavy (non-hydrogen) atoms. The first-order chi connectivity index (χ1) is 31.2. The molecule has 0 radical (unpaired) electrons. The van der Waals surface area contributed by atoms with Gasteiger partial charge >= 0.3 is 0 Å². The van der Waals surface area contributed by atoms with Gasteiger partial charge in [0, 0.05) is 60.3 Å². The number of hydrogen-bond acceptors (Lipinski definition) is 5. The molecule has 6 heteroatoms. The first-order valence-electron chi connectivity index (χ1n) is 21.1. The zero-order chi connectivity index (χ0) is 41.4. The van der Waals surface area contributed by atoms with Crippen LogP contribution in [0.5, 0.6) is 0 Å². The van der Waals surface area contributed by atoms with Crippen molar-refractivity contribution in [2.75, 3.05) is 0 Å². The van der Waals surface area contributed by atoms with E-state index >= 15 is 0 Å². The third kappa shape index (κ3) is 5.62. The van der Waals surface area contributed by atoms with Gasteiger partial charge in [0.15, 0.2) is 17.5 Å². The van der Waals surface area contributed by atoms with E-state index in [2.05, 4.69) is 162 Å². The topological polar surface area (TPSA) is 69.9 Å². The van der Waals surface area contributed by atoms with Crippen molar-refractivity contribution in [2.24, 2.45) is 0 Å². The van der Waals surface area contributed by atoms with Crippen molar-refractivity contribution in [3.8, 4) is 62.1 Å². The highest BCUT2D eigenvalue weighted by Gasteiger charge is 2.21. The van der Waals surface area contributed by atoms with E-state index in [1.807, 2.05) is 48.5 Å². The van der Waals surface area contributed by atoms with Crippen molar-refractivity contribution in [1.82, 2.24) is 19.5 Å². The molecule has 13 rings (SSSR count). The van der Waals surface area contributed by atoms with E-state index < -0.39 is 0 Å². The van der Waals surface area contributed by atoms with E-state index in [-0.39, 0.29) is 0 Å². The van der Waals surface area contributed by atoms with Gasteiger partial charge < -0.3 is 13.4 Å². The Hall–Kier alpha value is -8.61. The number of nitrogens with zero attached hydrogens (tertiary/aromatic N) is 4. The van der Waals surface area contributed by atoms with Crippen LogP contribution in [0.2, 0.25) is 0 Å². The van der Waals surface area contributed by atoms with Gasteiger partial charge in [0.1, 0.15) is 22.3 Å². The number of hydrogen-bond donors (Lipinski definition) is 0. The number of furan rings is 2. The van der Waals surface area contributed by atoms with Crippen LogP contribution in [0.25, 0.3) is 128 Å². The fraction of sp³-hybridized carbons (Fsp3) is 0. The van der Waals surface area contributed by atoms with Gasteiger partial charge in [0.25, 0.3) is 0 Å². The fourth-order valence-corrected chi connectivity index (χ4v) is 9.42. The van der Waals surface area contributed by atoms with Crippen LogP contribution in [-0.4, -0.2) is 19.5 Å². The summed E-state index contributed by atoms with van der Waals surface area (Å²) in [6.07, 6.45) is 0. The Kier molecular flexibility index (Phi) is 7.80. The highest BCUT2D eigenvalue weighted by atomic mass is 16.3. The lowest BCUT2D eigenvalue weighted by molar-refractivity contribution is 0.669. The Morgan fingerprint density at radius 1 is 0.317 bits per heavy atom. The van der Waals surface area contributed by atoms with E-state index in [1.54, 1.807) is 0 Å². The molecule has 9 aromatic carbocycles. The first-order valence-corrected chi connectivity index (χ1v) is 21.1. The van der Waals surface area contributed by atoms with E-state index in [0.29, 0.717) is 17.5 Å². The van der Waals surface area contributed by atoms with Gasteiger partial charge in [-0.25, -0.2) is 15.0 Å². The highest BCUT2D eigenvalue weighted by Crippen LogP contribution is 2.43. The van der Waals surface area contributed by atoms with Crippen LogP contribution < -0.4 is 0 Å². The SMILES string of the molecule is c1ccc(-c2nc(-c3ccc4c(c3)c3ccccc3n4-c3ccccc3)nc(-c3cccc4oc5ccc(-c6cccc7oc8c(-c9ccccc9)cccc8c67)cc5c34)n2)cc1. The zero-order valence-electron chi connectivity index (χ0n) is 33.7. The predicted octanol–water partition coefficient (Wildman–Crippen LogP) is 15.1. The van der Waals surface area contributed by atoms with Crippen LogP contribution in [0.3, 0.4) is 0 Å². The number of rotatable bonds is 6. The van der Waals surface area contributed by atoms with E-state index in [9.17, 15) is 0 Å². The summed E-state index contributed by atoms with van der Waals surface area (Å²) in [7, 11) is 0. The van der Waals surface area contributed by atoms with Crippen LogP contribution in [-0.2, 0) is 0 Å². The second-order valence-electron chi connectivity index (χ2n) is 15.9. The molecule has 0 aliphatic carbocycles. The van der Waals surface area contributed by atoms with E-state index in [1.165, 1.54) is 0 Å². The molecule has 0 aliphatic rings. The predicted molar refractivity (Wildman–Crippen MR) is 256 cm³/mol. The van der Waals surface area contributed by atoms with Crippen molar-refractivity contribution in [3.63, 3.8) is 0 Å². The average molecular weight is 807 g/mol. The van der Waals surface area contributed by atoms with Gasteiger partial charge in [-0.2, -0.15) is 0 Å². The molecule has 6 nitrogen and oxygen atoms in total. The summed E-state index contributed by atoms with van der Waals surface area (Å²) in [4.78, 5) is 15.6. The van der Waals surface area contributed by atoms with Gasteiger partial charge in [-0.15, -0.1) is 0 Å². The lowest BCUT2D eigenvalue weighted by Gasteiger charge is -2.10. The lowest BCUT2D eigenvalue weighted by atomic mass is 9.96. The minimum atomic E-state index is 0.570. The monoisotopic (exact) mass is 806 g/mol. The standard InChI is InChI=1S/C57H34N4O2/c1-4-15-35(16-5-1)41-23-12-24-43-52-40(22-13-28-51(52)63-54(41)43)37-30-32-49-46(33-37)53-44(25-14-27-50(53)62-49)57-59-55(36-17-6-2-7-18-36)58-56(60-57)38-29-31-48-45(34-38)42-21-10-11-26-47(42)61(48)39-19-8-3-9-20-39/h1-34H. The second kappa shape index (κ2) is 14.0. The molecule has 0 fully saturated rings. The van der Waals surface area contributed by atoms with Crippen molar-refractivity contribution < 1.29 is 8.83 Å². The van der Waals surface area contributed by atoms with Crippen LogP contribution in [0.15, 0.2) is 215 Å². The molecule has 0 saturated carbocycles. The highest BCUT2D eigenvalue weighted by molar-refractivity contribution is 6.18. The van der Waals surface area contributed by atoms with Crippen LogP contribution in [0.1, 0.15) is 0 Å². The maximum absolute atomic E-state index is 6.64. The maximum Gasteiger partial charge on any atom is 0.164 e. The van der Waals surface area contributed by atoms with E-state index in [0.717, 1.165) is 110 Å². The fourth-order valence-electron chi connectivity index (χ4n) is 9.42. The second-order valence-corrected chi connectivity index (χ2v) is 15.9. The normalized spacial score (nSPS) is 11.8. The van der Waals surface area contributed by atoms with Crippen molar-refractivity contribution in [2.45, 2.75) is 0 Å². The minimum Gasteiger partial charge on any atom is -0.456 e. The maximum atomic E-state index is 6.64. The molecule has 0 N–H and O–H groups in total. The zero-order valence-corrected chi connectivity index (χ0v) is 33.7. The van der Waals surface area contributed by atoms with Gasteiger partial charge in [-0.05, 0) is 77.4 Å². The smallest absolute Gasteiger partial charge is 0.164 e. The molecule has 0 amide bonds. The molecular formula is C57H34N4O2. The van der Waals surface area contributed by atoms with Crippen LogP contribution in [0.4, 0.5) is 0 Å². The molecule has 0 unspecified atom stereocenters. The first kappa shape index (κ1) is 35.2. The molecular weight excluding hydrogens is 773 g/mol.